The van der Waals surface area contributed by atoms with Crippen LogP contribution in [0, 0.1) is 11.8 Å². The second-order valence-electron chi connectivity index (χ2n) is 4.70. The van der Waals surface area contributed by atoms with Crippen LogP contribution in [0.3, 0.4) is 0 Å². The minimum atomic E-state index is 0.814. The van der Waals surface area contributed by atoms with Crippen molar-refractivity contribution in [1.29, 1.82) is 0 Å². The number of rotatable bonds is 4. The van der Waals surface area contributed by atoms with Gasteiger partial charge in [0.05, 0.1) is 0 Å². The van der Waals surface area contributed by atoms with E-state index in [-0.39, 0.29) is 0 Å². The molecule has 0 saturated carbocycles. The van der Waals surface area contributed by atoms with Gasteiger partial charge in [-0.15, -0.1) is 0 Å². The van der Waals surface area contributed by atoms with Crippen molar-refractivity contribution in [3.63, 3.8) is 0 Å². The van der Waals surface area contributed by atoms with Crippen molar-refractivity contribution in [3.8, 4) is 0 Å². The van der Waals surface area contributed by atoms with Crippen molar-refractivity contribution in [2.75, 3.05) is 6.54 Å². The van der Waals surface area contributed by atoms with Crippen LogP contribution in [0.5, 0.6) is 0 Å². The van der Waals surface area contributed by atoms with Crippen molar-refractivity contribution in [1.82, 2.24) is 5.32 Å². The van der Waals surface area contributed by atoms with Gasteiger partial charge in [-0.05, 0) is 37.6 Å². The van der Waals surface area contributed by atoms with Crippen LogP contribution >= 0.6 is 0 Å². The predicted octanol–water partition coefficient (Wildman–Crippen LogP) is 3.20. The van der Waals surface area contributed by atoms with Crippen LogP contribution in [0.25, 0.3) is 0 Å². The maximum atomic E-state index is 3.65. The van der Waals surface area contributed by atoms with E-state index in [2.05, 4.69) is 26.1 Å². The molecule has 0 amide bonds. The van der Waals surface area contributed by atoms with Gasteiger partial charge < -0.3 is 5.32 Å². The standard InChI is InChI=1S/C12H25N/c1-4-10(3)8-12-9-11(5-2)6-7-13-12/h10-13H,4-9H2,1-3H3. The molecule has 1 N–H and O–H groups in total. The molecule has 0 spiro atoms. The van der Waals surface area contributed by atoms with E-state index in [9.17, 15) is 0 Å². The molecule has 0 aromatic rings. The first-order valence-corrected chi connectivity index (χ1v) is 5.99. The third kappa shape index (κ3) is 3.68. The Bertz CT molecular complexity index is 131. The Morgan fingerprint density at radius 3 is 2.77 bits per heavy atom. The topological polar surface area (TPSA) is 12.0 Å². The smallest absolute Gasteiger partial charge is 0.00722 e. The normalized spacial score (nSPS) is 31.6. The van der Waals surface area contributed by atoms with Gasteiger partial charge in [-0.3, -0.25) is 0 Å². The van der Waals surface area contributed by atoms with E-state index in [1.807, 2.05) is 0 Å². The number of piperidine rings is 1. The van der Waals surface area contributed by atoms with E-state index in [0.29, 0.717) is 0 Å². The molecule has 0 bridgehead atoms. The van der Waals surface area contributed by atoms with Crippen molar-refractivity contribution in [2.24, 2.45) is 11.8 Å². The summed E-state index contributed by atoms with van der Waals surface area (Å²) in [7, 11) is 0. The molecule has 1 heterocycles. The van der Waals surface area contributed by atoms with E-state index in [0.717, 1.165) is 17.9 Å². The molecule has 3 atom stereocenters. The van der Waals surface area contributed by atoms with E-state index >= 15 is 0 Å². The van der Waals surface area contributed by atoms with Crippen LogP contribution in [0.4, 0.5) is 0 Å². The van der Waals surface area contributed by atoms with Crippen molar-refractivity contribution >= 4 is 0 Å². The van der Waals surface area contributed by atoms with Crippen molar-refractivity contribution in [2.45, 2.75) is 58.9 Å². The number of hydrogen-bond donors (Lipinski definition) is 1. The quantitative estimate of drug-likeness (QED) is 0.706. The second-order valence-corrected chi connectivity index (χ2v) is 4.70. The molecule has 1 heteroatoms. The average Bonchev–Trinajstić information content (AvgIpc) is 2.18. The highest BCUT2D eigenvalue weighted by Gasteiger charge is 2.20. The summed E-state index contributed by atoms with van der Waals surface area (Å²) in [5, 5.41) is 3.65. The fraction of sp³-hybridized carbons (Fsp3) is 1.00. The highest BCUT2D eigenvalue weighted by molar-refractivity contribution is 4.78. The molecule has 13 heavy (non-hydrogen) atoms. The summed E-state index contributed by atoms with van der Waals surface area (Å²) < 4.78 is 0. The lowest BCUT2D eigenvalue weighted by Crippen LogP contribution is -2.38. The summed E-state index contributed by atoms with van der Waals surface area (Å²) in [6.45, 7) is 8.25. The highest BCUT2D eigenvalue weighted by Crippen LogP contribution is 2.23. The van der Waals surface area contributed by atoms with Gasteiger partial charge in [0.25, 0.3) is 0 Å². The first kappa shape index (κ1) is 11.0. The van der Waals surface area contributed by atoms with Crippen LogP contribution in [-0.2, 0) is 0 Å². The number of hydrogen-bond acceptors (Lipinski definition) is 1. The summed E-state index contributed by atoms with van der Waals surface area (Å²) in [5.74, 6) is 1.89. The Morgan fingerprint density at radius 1 is 1.38 bits per heavy atom. The van der Waals surface area contributed by atoms with Gasteiger partial charge in [-0.2, -0.15) is 0 Å². The SMILES string of the molecule is CCC(C)CC1CC(CC)CCN1. The van der Waals surface area contributed by atoms with Gasteiger partial charge in [-0.25, -0.2) is 0 Å². The Hall–Kier alpha value is -0.0400. The minimum absolute atomic E-state index is 0.814. The van der Waals surface area contributed by atoms with Gasteiger partial charge in [0.1, 0.15) is 0 Å². The third-order valence-electron chi connectivity index (χ3n) is 3.56. The van der Waals surface area contributed by atoms with Gasteiger partial charge in [0.15, 0.2) is 0 Å². The van der Waals surface area contributed by atoms with Gasteiger partial charge >= 0.3 is 0 Å². The van der Waals surface area contributed by atoms with Crippen LogP contribution in [-0.4, -0.2) is 12.6 Å². The summed E-state index contributed by atoms with van der Waals surface area (Å²) >= 11 is 0. The zero-order valence-electron chi connectivity index (χ0n) is 9.47. The molecule has 0 radical (unpaired) electrons. The molecular formula is C12H25N. The van der Waals surface area contributed by atoms with Crippen LogP contribution in [0.15, 0.2) is 0 Å². The molecule has 0 aromatic carbocycles. The Morgan fingerprint density at radius 2 is 2.15 bits per heavy atom. The van der Waals surface area contributed by atoms with Crippen molar-refractivity contribution < 1.29 is 0 Å². The van der Waals surface area contributed by atoms with E-state index in [1.165, 1.54) is 38.6 Å². The second kappa shape index (κ2) is 5.64. The zero-order valence-corrected chi connectivity index (χ0v) is 9.47. The van der Waals surface area contributed by atoms with Crippen LogP contribution in [0.2, 0.25) is 0 Å². The highest BCUT2D eigenvalue weighted by atomic mass is 14.9. The molecule has 1 saturated heterocycles. The first-order chi connectivity index (χ1) is 6.26. The van der Waals surface area contributed by atoms with Gasteiger partial charge in [-0.1, -0.05) is 33.6 Å². The molecule has 1 aliphatic rings. The summed E-state index contributed by atoms with van der Waals surface area (Å²) in [6.07, 6.45) is 6.90. The molecule has 0 aliphatic carbocycles. The maximum Gasteiger partial charge on any atom is 0.00722 e. The average molecular weight is 183 g/mol. The Balaban J connectivity index is 2.25. The largest absolute Gasteiger partial charge is 0.314 e. The van der Waals surface area contributed by atoms with E-state index in [1.54, 1.807) is 0 Å². The third-order valence-corrected chi connectivity index (χ3v) is 3.56. The predicted molar refractivity (Wildman–Crippen MR) is 58.9 cm³/mol. The molecule has 0 aromatic heterocycles. The maximum absolute atomic E-state index is 3.65. The number of nitrogens with one attached hydrogen (secondary N) is 1. The fourth-order valence-electron chi connectivity index (χ4n) is 2.30. The first-order valence-electron chi connectivity index (χ1n) is 5.99. The molecular weight excluding hydrogens is 158 g/mol. The Labute approximate surface area is 83.3 Å². The summed E-state index contributed by atoms with van der Waals surface area (Å²) in [4.78, 5) is 0. The summed E-state index contributed by atoms with van der Waals surface area (Å²) in [6, 6.07) is 0.814. The molecule has 1 aliphatic heterocycles. The molecule has 78 valence electrons. The molecule has 1 nitrogen and oxygen atoms in total. The lowest BCUT2D eigenvalue weighted by Gasteiger charge is -2.31. The Kier molecular flexibility index (Phi) is 4.79. The molecule has 3 unspecified atom stereocenters. The minimum Gasteiger partial charge on any atom is -0.314 e. The lowest BCUT2D eigenvalue weighted by molar-refractivity contribution is 0.261. The van der Waals surface area contributed by atoms with Gasteiger partial charge in [0.2, 0.25) is 0 Å². The van der Waals surface area contributed by atoms with E-state index < -0.39 is 0 Å². The van der Waals surface area contributed by atoms with Crippen LogP contribution < -0.4 is 5.32 Å². The molecule has 1 rings (SSSR count). The summed E-state index contributed by atoms with van der Waals surface area (Å²) in [5.41, 5.74) is 0. The molecule has 1 fully saturated rings. The zero-order chi connectivity index (χ0) is 9.68. The lowest BCUT2D eigenvalue weighted by atomic mass is 9.86. The monoisotopic (exact) mass is 183 g/mol. The van der Waals surface area contributed by atoms with Gasteiger partial charge in [0, 0.05) is 6.04 Å². The van der Waals surface area contributed by atoms with Crippen molar-refractivity contribution in [3.05, 3.63) is 0 Å². The fourth-order valence-corrected chi connectivity index (χ4v) is 2.30. The van der Waals surface area contributed by atoms with E-state index in [4.69, 9.17) is 0 Å². The van der Waals surface area contributed by atoms with Crippen LogP contribution in [0.1, 0.15) is 52.9 Å².